The number of hydrogen-bond donors (Lipinski definition) is 2. The van der Waals surface area contributed by atoms with E-state index in [9.17, 15) is 18.0 Å². The van der Waals surface area contributed by atoms with E-state index in [0.717, 1.165) is 12.1 Å². The van der Waals surface area contributed by atoms with Crippen LogP contribution < -0.4 is 0 Å². The lowest BCUT2D eigenvalue weighted by atomic mass is 10.1. The predicted molar refractivity (Wildman–Crippen MR) is 51.7 cm³/mol. The predicted octanol–water partition coefficient (Wildman–Crippen LogP) is 2.59. The molecule has 0 aliphatic rings. The average molecular weight is 299 g/mol. The largest absolute Gasteiger partial charge is 0.479 e. The molecule has 1 atom stereocenters. The van der Waals surface area contributed by atoms with Crippen molar-refractivity contribution in [3.8, 4) is 0 Å². The number of rotatable bonds is 2. The molecule has 2 N–H and O–H groups in total. The Morgan fingerprint density at radius 1 is 1.38 bits per heavy atom. The fourth-order valence-corrected chi connectivity index (χ4v) is 1.65. The summed E-state index contributed by atoms with van der Waals surface area (Å²) in [6.45, 7) is 0. The van der Waals surface area contributed by atoms with E-state index in [4.69, 9.17) is 10.2 Å². The fourth-order valence-electron chi connectivity index (χ4n) is 1.06. The molecule has 1 unspecified atom stereocenters. The van der Waals surface area contributed by atoms with Gasteiger partial charge in [0.25, 0.3) is 0 Å². The Balaban J connectivity index is 3.15. The van der Waals surface area contributed by atoms with Crippen molar-refractivity contribution in [2.75, 3.05) is 0 Å². The normalized spacial score (nSPS) is 13.6. The van der Waals surface area contributed by atoms with E-state index in [0.29, 0.717) is 6.07 Å². The highest BCUT2D eigenvalue weighted by Crippen LogP contribution is 2.33. The second kappa shape index (κ2) is 4.42. The van der Waals surface area contributed by atoms with Gasteiger partial charge in [0.2, 0.25) is 0 Å². The highest BCUT2D eigenvalue weighted by atomic mass is 79.9. The van der Waals surface area contributed by atoms with Crippen molar-refractivity contribution < 1.29 is 28.2 Å². The third-order valence-electron chi connectivity index (χ3n) is 1.86. The van der Waals surface area contributed by atoms with Gasteiger partial charge in [-0.25, -0.2) is 4.79 Å². The topological polar surface area (TPSA) is 57.5 Å². The van der Waals surface area contributed by atoms with Crippen LogP contribution in [-0.4, -0.2) is 16.2 Å². The lowest BCUT2D eigenvalue weighted by Gasteiger charge is -2.11. The fraction of sp³-hybridized carbons (Fsp3) is 0.222. The minimum absolute atomic E-state index is 0.0998. The van der Waals surface area contributed by atoms with Crippen molar-refractivity contribution in [2.45, 2.75) is 12.3 Å². The maximum Gasteiger partial charge on any atom is 0.416 e. The first kappa shape index (κ1) is 13.0. The van der Waals surface area contributed by atoms with E-state index in [1.54, 1.807) is 0 Å². The summed E-state index contributed by atoms with van der Waals surface area (Å²) in [5.74, 6) is -1.53. The van der Waals surface area contributed by atoms with Gasteiger partial charge in [0.15, 0.2) is 6.10 Å². The zero-order valence-corrected chi connectivity index (χ0v) is 9.21. The molecule has 1 aromatic rings. The van der Waals surface area contributed by atoms with Gasteiger partial charge >= 0.3 is 12.1 Å². The Morgan fingerprint density at radius 3 is 2.31 bits per heavy atom. The van der Waals surface area contributed by atoms with Crippen LogP contribution >= 0.6 is 15.9 Å². The maximum absolute atomic E-state index is 12.3. The van der Waals surface area contributed by atoms with Crippen LogP contribution in [0.3, 0.4) is 0 Å². The van der Waals surface area contributed by atoms with E-state index in [-0.39, 0.29) is 10.0 Å². The van der Waals surface area contributed by atoms with E-state index >= 15 is 0 Å². The third-order valence-corrected chi connectivity index (χ3v) is 2.54. The molecule has 0 radical (unpaired) electrons. The summed E-state index contributed by atoms with van der Waals surface area (Å²) >= 11 is 2.79. The Morgan fingerprint density at radius 2 is 1.94 bits per heavy atom. The molecule has 16 heavy (non-hydrogen) atoms. The molecule has 0 amide bonds. The molecule has 7 heteroatoms. The third kappa shape index (κ3) is 2.73. The van der Waals surface area contributed by atoms with Gasteiger partial charge in [-0.3, -0.25) is 0 Å². The van der Waals surface area contributed by atoms with Gasteiger partial charge in [0.05, 0.1) is 5.56 Å². The number of aliphatic carboxylic acids is 1. The second-order valence-corrected chi connectivity index (χ2v) is 3.83. The first-order chi connectivity index (χ1) is 7.23. The van der Waals surface area contributed by atoms with Crippen molar-refractivity contribution in [1.82, 2.24) is 0 Å². The molecule has 1 rings (SSSR count). The van der Waals surface area contributed by atoms with Crippen LogP contribution in [-0.2, 0) is 11.0 Å². The SMILES string of the molecule is O=C(O)C(O)c1ccc(C(F)(F)F)cc1Br. The van der Waals surface area contributed by atoms with Gasteiger partial charge in [-0.15, -0.1) is 0 Å². The number of carboxylic acids is 1. The molecule has 3 nitrogen and oxygen atoms in total. The summed E-state index contributed by atoms with van der Waals surface area (Å²) in [5, 5.41) is 17.7. The number of carbonyl (C=O) groups is 1. The van der Waals surface area contributed by atoms with Crippen LogP contribution in [0.5, 0.6) is 0 Å². The zero-order valence-electron chi connectivity index (χ0n) is 7.62. The van der Waals surface area contributed by atoms with Crippen molar-refractivity contribution in [3.63, 3.8) is 0 Å². The summed E-state index contributed by atoms with van der Waals surface area (Å²) in [6, 6.07) is 2.36. The number of halogens is 4. The molecular weight excluding hydrogens is 293 g/mol. The van der Waals surface area contributed by atoms with Gasteiger partial charge in [-0.2, -0.15) is 13.2 Å². The first-order valence-corrected chi connectivity index (χ1v) is 4.80. The molecule has 0 saturated heterocycles. The molecule has 0 spiro atoms. The minimum atomic E-state index is -4.50. The van der Waals surface area contributed by atoms with Gasteiger partial charge in [-0.1, -0.05) is 22.0 Å². The Bertz CT molecular complexity index is 417. The molecule has 0 saturated carbocycles. The number of aliphatic hydroxyl groups is 1. The van der Waals surface area contributed by atoms with Gasteiger partial charge in [0.1, 0.15) is 0 Å². The van der Waals surface area contributed by atoms with Crippen molar-refractivity contribution >= 4 is 21.9 Å². The highest BCUT2D eigenvalue weighted by molar-refractivity contribution is 9.10. The molecule has 0 aliphatic carbocycles. The molecule has 88 valence electrons. The summed E-state index contributed by atoms with van der Waals surface area (Å²) in [6.07, 6.45) is -6.36. The summed E-state index contributed by atoms with van der Waals surface area (Å²) in [7, 11) is 0. The van der Waals surface area contributed by atoms with Gasteiger partial charge in [0, 0.05) is 10.0 Å². The first-order valence-electron chi connectivity index (χ1n) is 4.01. The Hall–Kier alpha value is -1.08. The summed E-state index contributed by atoms with van der Waals surface area (Å²) < 4.78 is 36.7. The van der Waals surface area contributed by atoms with E-state index in [1.165, 1.54) is 0 Å². The van der Waals surface area contributed by atoms with Crippen molar-refractivity contribution in [2.24, 2.45) is 0 Å². The quantitative estimate of drug-likeness (QED) is 0.882. The number of aliphatic hydroxyl groups excluding tert-OH is 1. The van der Waals surface area contributed by atoms with Crippen LogP contribution in [0.15, 0.2) is 22.7 Å². The maximum atomic E-state index is 12.3. The second-order valence-electron chi connectivity index (χ2n) is 2.97. The molecular formula is C9H6BrF3O3. The lowest BCUT2D eigenvalue weighted by Crippen LogP contribution is -2.12. The molecule has 1 aromatic carbocycles. The van der Waals surface area contributed by atoms with Crippen molar-refractivity contribution in [1.29, 1.82) is 0 Å². The van der Waals surface area contributed by atoms with Crippen LogP contribution in [0.2, 0.25) is 0 Å². The number of carboxylic acid groups (broad SMARTS) is 1. The number of benzene rings is 1. The molecule has 0 fully saturated rings. The van der Waals surface area contributed by atoms with Crippen LogP contribution in [0, 0.1) is 0 Å². The molecule has 0 bridgehead atoms. The van der Waals surface area contributed by atoms with Crippen LogP contribution in [0.1, 0.15) is 17.2 Å². The number of hydrogen-bond acceptors (Lipinski definition) is 2. The van der Waals surface area contributed by atoms with Crippen molar-refractivity contribution in [3.05, 3.63) is 33.8 Å². The van der Waals surface area contributed by atoms with E-state index in [2.05, 4.69) is 15.9 Å². The Kier molecular flexibility index (Phi) is 3.59. The van der Waals surface area contributed by atoms with E-state index < -0.39 is 23.8 Å². The average Bonchev–Trinajstić information content (AvgIpc) is 2.15. The van der Waals surface area contributed by atoms with Crippen LogP contribution in [0.4, 0.5) is 13.2 Å². The molecule has 0 heterocycles. The van der Waals surface area contributed by atoms with Crippen LogP contribution in [0.25, 0.3) is 0 Å². The van der Waals surface area contributed by atoms with E-state index in [1.807, 2.05) is 0 Å². The van der Waals surface area contributed by atoms with Gasteiger partial charge in [-0.05, 0) is 12.1 Å². The molecule has 0 aliphatic heterocycles. The highest BCUT2D eigenvalue weighted by Gasteiger charge is 2.31. The zero-order chi connectivity index (χ0) is 12.5. The standard InChI is InChI=1S/C9H6BrF3O3/c10-6-3-4(9(11,12)13)1-2-5(6)7(14)8(15)16/h1-3,7,14H,(H,15,16). The monoisotopic (exact) mass is 298 g/mol. The molecule has 0 aromatic heterocycles. The van der Waals surface area contributed by atoms with Gasteiger partial charge < -0.3 is 10.2 Å². The lowest BCUT2D eigenvalue weighted by molar-refractivity contribution is -0.147. The minimum Gasteiger partial charge on any atom is -0.479 e. The Labute approximate surface area is 96.6 Å². The smallest absolute Gasteiger partial charge is 0.416 e. The summed E-state index contributed by atoms with van der Waals surface area (Å²) in [5.41, 5.74) is -1.04. The number of alkyl halides is 3. The summed E-state index contributed by atoms with van der Waals surface area (Å²) in [4.78, 5) is 10.4.